The largest absolute Gasteiger partial charge is 0.460 e. The second-order valence-electron chi connectivity index (χ2n) is 21.0. The molecule has 16 heteroatoms. The van der Waals surface area contributed by atoms with Crippen molar-refractivity contribution in [2.75, 3.05) is 34.0 Å². The third kappa shape index (κ3) is 17.0. The molecule has 2 bridgehead atoms. The maximum Gasteiger partial charge on any atom is 0.329 e. The summed E-state index contributed by atoms with van der Waals surface area (Å²) in [5.74, 6) is -7.66. The number of aliphatic hydroxyl groups excluding tert-OH is 1. The van der Waals surface area contributed by atoms with Crippen LogP contribution in [0.3, 0.4) is 0 Å². The Bertz CT molecular complexity index is 1950. The van der Waals surface area contributed by atoms with Gasteiger partial charge in [0.15, 0.2) is 0 Å². The maximum absolute atomic E-state index is 14.5. The number of ether oxygens (including phenoxy) is 4. The molecule has 3 aliphatic heterocycles. The van der Waals surface area contributed by atoms with Gasteiger partial charge >= 0.3 is 13.6 Å². The van der Waals surface area contributed by atoms with Crippen molar-refractivity contribution in [3.8, 4) is 0 Å². The van der Waals surface area contributed by atoms with E-state index in [0.717, 1.165) is 5.57 Å². The number of allylic oxidation sites excluding steroid dienone is 6. The number of ketones is 3. The Hall–Kier alpha value is -3.14. The van der Waals surface area contributed by atoms with Crippen molar-refractivity contribution in [2.24, 2.45) is 35.5 Å². The van der Waals surface area contributed by atoms with E-state index in [1.165, 1.54) is 11.6 Å². The predicted octanol–water partition coefficient (Wildman–Crippen LogP) is 8.83. The van der Waals surface area contributed by atoms with Gasteiger partial charge in [-0.2, -0.15) is 0 Å². The topological polar surface area (TPSA) is 201 Å². The first-order valence-electron chi connectivity index (χ1n) is 25.9. The molecular weight excluding hydrogens is 918 g/mol. The van der Waals surface area contributed by atoms with Crippen LogP contribution in [-0.2, 0) is 56.5 Å². The van der Waals surface area contributed by atoms with Gasteiger partial charge in [-0.3, -0.25) is 23.7 Å². The number of hydrogen-bond donors (Lipinski definition) is 2. The summed E-state index contributed by atoms with van der Waals surface area (Å²) in [6, 6.07) is -1.15. The molecule has 0 aromatic carbocycles. The fraction of sp³-hybridized carbons (Fsp3) is 0.759. The SMILES string of the molecule is CCCOP(C)(=O)O[C@@H]1CCC(C[C@@H](C)[C@@H]2CC(=O)[C@H](C)/C=C(\C)[C@@H](O)CC(=O)[C@H](C)C[C@H](C)/C=C/C=C/C=C(\C)[C@@H](OC)C[C@@H]3CC[C@@H](C)[C@@](O)(O3)C(=O)C(=O)N3CCCCC3C(=O)O2)C[C@H]1OC. The Labute approximate surface area is 418 Å². The Kier molecular flexibility index (Phi) is 23.6. The second-order valence-corrected chi connectivity index (χ2v) is 23.0. The summed E-state index contributed by atoms with van der Waals surface area (Å²) in [5.41, 5.74) is 1.37. The van der Waals surface area contributed by atoms with Crippen LogP contribution >= 0.6 is 7.60 Å². The lowest BCUT2D eigenvalue weighted by Crippen LogP contribution is -2.61. The highest BCUT2D eigenvalue weighted by Gasteiger charge is 2.53. The van der Waals surface area contributed by atoms with Gasteiger partial charge in [0.2, 0.25) is 5.79 Å². The zero-order valence-electron chi connectivity index (χ0n) is 44.0. The van der Waals surface area contributed by atoms with Crippen LogP contribution in [0.2, 0.25) is 0 Å². The summed E-state index contributed by atoms with van der Waals surface area (Å²) in [4.78, 5) is 71.8. The zero-order chi connectivity index (χ0) is 51.9. The van der Waals surface area contributed by atoms with E-state index in [1.807, 2.05) is 65.0 Å². The van der Waals surface area contributed by atoms with Gasteiger partial charge in [0.05, 0.1) is 37.1 Å². The normalized spacial score (nSPS) is 38.2. The second kappa shape index (κ2) is 27.8. The van der Waals surface area contributed by atoms with Gasteiger partial charge < -0.3 is 43.1 Å². The van der Waals surface area contributed by atoms with E-state index in [1.54, 1.807) is 41.1 Å². The molecule has 0 spiro atoms. The summed E-state index contributed by atoms with van der Waals surface area (Å²) < 4.78 is 48.8. The molecule has 0 aromatic heterocycles. The lowest BCUT2D eigenvalue weighted by Gasteiger charge is -2.42. The number of esters is 1. The molecule has 1 amide bonds. The van der Waals surface area contributed by atoms with Crippen LogP contribution in [0.25, 0.3) is 0 Å². The first-order chi connectivity index (χ1) is 33.0. The Balaban J connectivity index is 1.66. The van der Waals surface area contributed by atoms with E-state index in [0.29, 0.717) is 82.8 Å². The fourth-order valence-corrected chi connectivity index (χ4v) is 11.7. The summed E-state index contributed by atoms with van der Waals surface area (Å²) in [6.07, 6.45) is 13.3. The number of methoxy groups -OCH3 is 2. The number of aliphatic hydroxyl groups is 2. The number of carbonyl (C=O) groups is 5. The molecule has 3 unspecified atom stereocenters. The highest BCUT2D eigenvalue weighted by Crippen LogP contribution is 2.49. The van der Waals surface area contributed by atoms with Crippen molar-refractivity contribution in [1.82, 2.24) is 4.90 Å². The lowest BCUT2D eigenvalue weighted by molar-refractivity contribution is -0.265. The molecule has 3 fully saturated rings. The molecule has 0 radical (unpaired) electrons. The number of carbonyl (C=O) groups excluding carboxylic acids is 5. The first-order valence-corrected chi connectivity index (χ1v) is 27.9. The fourth-order valence-electron chi connectivity index (χ4n) is 10.4. The molecular formula is C54H86NO14P. The van der Waals surface area contributed by atoms with Crippen LogP contribution in [0, 0.1) is 35.5 Å². The molecule has 15 atom stereocenters. The molecule has 2 N–H and O–H groups in total. The maximum atomic E-state index is 14.5. The first kappa shape index (κ1) is 59.4. The molecule has 3 heterocycles. The molecule has 396 valence electrons. The van der Waals surface area contributed by atoms with E-state index in [-0.39, 0.29) is 67.1 Å². The van der Waals surface area contributed by atoms with Crippen LogP contribution in [0.15, 0.2) is 47.6 Å². The van der Waals surface area contributed by atoms with E-state index < -0.39 is 79.4 Å². The number of Topliss-reactive ketones (excluding diaryl/α,β-unsaturated/α-hetero) is 3. The molecule has 70 heavy (non-hydrogen) atoms. The third-order valence-electron chi connectivity index (χ3n) is 15.0. The molecule has 4 rings (SSSR count). The number of piperidine rings is 1. The minimum atomic E-state index is -3.32. The third-order valence-corrected chi connectivity index (χ3v) is 16.3. The van der Waals surface area contributed by atoms with Crippen molar-refractivity contribution >= 4 is 36.8 Å². The molecule has 15 nitrogen and oxygen atoms in total. The van der Waals surface area contributed by atoms with Gasteiger partial charge in [0.1, 0.15) is 23.7 Å². The average molecular weight is 1000 g/mol. The van der Waals surface area contributed by atoms with Crippen LogP contribution < -0.4 is 0 Å². The van der Waals surface area contributed by atoms with Gasteiger partial charge in [0.25, 0.3) is 11.7 Å². The summed E-state index contributed by atoms with van der Waals surface area (Å²) >= 11 is 0. The summed E-state index contributed by atoms with van der Waals surface area (Å²) in [6.45, 7) is 16.6. The predicted molar refractivity (Wildman–Crippen MR) is 268 cm³/mol. The number of nitrogens with zero attached hydrogens (tertiary/aromatic N) is 1. The molecule has 1 aliphatic carbocycles. The van der Waals surface area contributed by atoms with Gasteiger partial charge in [-0.25, -0.2) is 4.79 Å². The van der Waals surface area contributed by atoms with Crippen molar-refractivity contribution in [2.45, 2.75) is 194 Å². The number of amides is 1. The highest BCUT2D eigenvalue weighted by atomic mass is 31.2. The van der Waals surface area contributed by atoms with Gasteiger partial charge in [0, 0.05) is 64.4 Å². The summed E-state index contributed by atoms with van der Waals surface area (Å²) in [7, 11) is -0.156. The molecule has 4 aliphatic rings. The van der Waals surface area contributed by atoms with Crippen LogP contribution in [-0.4, -0.2) is 127 Å². The number of fused-ring (bicyclic) bond motifs is 3. The van der Waals surface area contributed by atoms with Crippen molar-refractivity contribution in [3.05, 3.63) is 47.6 Å². The molecule has 0 aromatic rings. The zero-order valence-corrected chi connectivity index (χ0v) is 44.9. The average Bonchev–Trinajstić information content (AvgIpc) is 3.32. The Morgan fingerprint density at radius 1 is 0.871 bits per heavy atom. The van der Waals surface area contributed by atoms with Gasteiger partial charge in [-0.1, -0.05) is 78.0 Å². The number of rotatable bonds is 10. The highest BCUT2D eigenvalue weighted by molar-refractivity contribution is 7.53. The van der Waals surface area contributed by atoms with E-state index >= 15 is 0 Å². The van der Waals surface area contributed by atoms with Crippen LogP contribution in [0.1, 0.15) is 145 Å². The number of cyclic esters (lactones) is 1. The van der Waals surface area contributed by atoms with Gasteiger partial charge in [-0.05, 0) is 113 Å². The van der Waals surface area contributed by atoms with Crippen LogP contribution in [0.5, 0.6) is 0 Å². The minimum absolute atomic E-state index is 0.0630. The van der Waals surface area contributed by atoms with Crippen LogP contribution in [0.4, 0.5) is 0 Å². The van der Waals surface area contributed by atoms with E-state index in [4.69, 9.17) is 28.0 Å². The van der Waals surface area contributed by atoms with E-state index in [9.17, 15) is 38.8 Å². The smallest absolute Gasteiger partial charge is 0.329 e. The van der Waals surface area contributed by atoms with Crippen molar-refractivity contribution < 1.29 is 66.7 Å². The molecule has 1 saturated carbocycles. The number of hydrogen-bond acceptors (Lipinski definition) is 14. The monoisotopic (exact) mass is 1000 g/mol. The quantitative estimate of drug-likeness (QED) is 0.0910. The minimum Gasteiger partial charge on any atom is -0.460 e. The Morgan fingerprint density at radius 3 is 2.29 bits per heavy atom. The lowest BCUT2D eigenvalue weighted by atomic mass is 9.78. The van der Waals surface area contributed by atoms with Crippen molar-refractivity contribution in [1.29, 1.82) is 0 Å². The molecule has 2 saturated heterocycles. The van der Waals surface area contributed by atoms with Crippen molar-refractivity contribution in [3.63, 3.8) is 0 Å². The van der Waals surface area contributed by atoms with Gasteiger partial charge in [-0.15, -0.1) is 0 Å². The Morgan fingerprint density at radius 2 is 1.60 bits per heavy atom. The standard InChI is InChI=1S/C54H86NO14P/c1-12-26-66-70(11,63)69-47-24-22-41(30-50(47)65-10)29-39(7)49-33-46(58)38(6)28-37(5)45(57)32-44(56)36(4)27-34(2)18-14-13-15-19-35(3)48(64-9)31-42-23-21-40(8)54(62,68-42)51(59)52(60)55-25-17-16-20-43(55)53(61)67-49/h13-15,18-19,28,34,36,38-43,45,47-50,57,62H,12,16-17,20-27,29-33H2,1-11H3/b15-13+,18-14+,35-19+,37-28+/t34-,36-,38-,39-,40-,41?,42+,43?,45+,47-,48+,49+,50-,54-,70?/m1/s1. The summed E-state index contributed by atoms with van der Waals surface area (Å²) in [5, 5.41) is 23.2. The van der Waals surface area contributed by atoms with E-state index in [2.05, 4.69) is 0 Å².